The molecule has 2 aromatic carbocycles. The van der Waals surface area contributed by atoms with Gasteiger partial charge in [-0.2, -0.15) is 0 Å². The number of nitrogens with zero attached hydrogens (tertiary/aromatic N) is 1. The molecule has 3 atom stereocenters. The Bertz CT molecular complexity index is 660. The van der Waals surface area contributed by atoms with Crippen LogP contribution >= 0.6 is 0 Å². The van der Waals surface area contributed by atoms with Crippen molar-refractivity contribution in [2.24, 2.45) is 5.73 Å². The van der Waals surface area contributed by atoms with E-state index in [1.807, 2.05) is 60.7 Å². The molecule has 1 amide bonds. The van der Waals surface area contributed by atoms with Gasteiger partial charge in [0.25, 0.3) is 0 Å². The molecule has 0 bridgehead atoms. The van der Waals surface area contributed by atoms with Crippen LogP contribution in [0, 0.1) is 0 Å². The predicted octanol–water partition coefficient (Wildman–Crippen LogP) is 2.80. The third kappa shape index (κ3) is 3.66. The summed E-state index contributed by atoms with van der Waals surface area (Å²) in [5.74, 6) is -0.331. The van der Waals surface area contributed by atoms with Gasteiger partial charge in [0.2, 0.25) is 5.91 Å². The van der Waals surface area contributed by atoms with Crippen LogP contribution in [0.1, 0.15) is 42.5 Å². The van der Waals surface area contributed by atoms with Crippen LogP contribution in [-0.4, -0.2) is 28.5 Å². The van der Waals surface area contributed by atoms with Crippen LogP contribution in [0.25, 0.3) is 0 Å². The van der Waals surface area contributed by atoms with Crippen LogP contribution in [-0.2, 0) is 4.79 Å². The molecule has 1 aliphatic rings. The topological polar surface area (TPSA) is 66.6 Å². The highest BCUT2D eigenvalue weighted by molar-refractivity contribution is 5.81. The molecule has 0 spiro atoms. The van der Waals surface area contributed by atoms with Crippen molar-refractivity contribution >= 4 is 5.91 Å². The van der Waals surface area contributed by atoms with Gasteiger partial charge >= 0.3 is 0 Å². The summed E-state index contributed by atoms with van der Waals surface area (Å²) in [5, 5.41) is 10.5. The van der Waals surface area contributed by atoms with Crippen molar-refractivity contribution in [3.63, 3.8) is 0 Å². The molecule has 0 aliphatic carbocycles. The summed E-state index contributed by atoms with van der Waals surface area (Å²) in [6, 6.07) is 19.1. The largest absolute Gasteiger partial charge is 0.388 e. The first kappa shape index (κ1) is 16.7. The number of aliphatic hydroxyl groups excluding tert-OH is 1. The van der Waals surface area contributed by atoms with Crippen molar-refractivity contribution in [3.05, 3.63) is 71.8 Å². The van der Waals surface area contributed by atoms with Gasteiger partial charge in [0.15, 0.2) is 0 Å². The van der Waals surface area contributed by atoms with Crippen molar-refractivity contribution in [3.8, 4) is 0 Å². The van der Waals surface area contributed by atoms with Gasteiger partial charge < -0.3 is 10.8 Å². The van der Waals surface area contributed by atoms with Gasteiger partial charge in [0.1, 0.15) is 6.04 Å². The number of primary amides is 1. The maximum absolute atomic E-state index is 12.1. The first-order valence-electron chi connectivity index (χ1n) is 8.50. The summed E-state index contributed by atoms with van der Waals surface area (Å²) < 4.78 is 0. The molecular formula is C20H24N2O2. The number of carbonyl (C=O) groups is 1. The lowest BCUT2D eigenvalue weighted by molar-refractivity contribution is -0.124. The van der Waals surface area contributed by atoms with Crippen molar-refractivity contribution in [1.82, 2.24) is 4.90 Å². The standard InChI is InChI=1S/C20H24N2O2/c21-20(24)19(16-10-5-2-6-11-16)22-13-7-12-17(22)14-18(23)15-8-3-1-4-9-15/h1-6,8-11,17-19,23H,7,12-14H2,(H2,21,24)/t17-,18+,19+/m1/s1. The Morgan fingerprint density at radius 3 is 2.25 bits per heavy atom. The SMILES string of the molecule is NC(=O)[C@H](c1ccccc1)N1CCC[C@@H]1C[C@H](O)c1ccccc1. The molecule has 2 aromatic rings. The second-order valence-corrected chi connectivity index (χ2v) is 6.41. The van der Waals surface area contributed by atoms with Crippen LogP contribution < -0.4 is 5.73 Å². The average molecular weight is 324 g/mol. The lowest BCUT2D eigenvalue weighted by Gasteiger charge is -2.32. The molecule has 4 nitrogen and oxygen atoms in total. The van der Waals surface area contributed by atoms with Gasteiger partial charge in [0.05, 0.1) is 6.10 Å². The summed E-state index contributed by atoms with van der Waals surface area (Å²) in [6.07, 6.45) is 2.07. The molecule has 126 valence electrons. The van der Waals surface area contributed by atoms with Crippen molar-refractivity contribution in [2.45, 2.75) is 37.5 Å². The fourth-order valence-electron chi connectivity index (χ4n) is 3.67. The molecule has 0 unspecified atom stereocenters. The molecule has 3 N–H and O–H groups in total. The summed E-state index contributed by atoms with van der Waals surface area (Å²) in [7, 11) is 0. The van der Waals surface area contributed by atoms with Gasteiger partial charge in [-0.15, -0.1) is 0 Å². The zero-order chi connectivity index (χ0) is 16.9. The molecule has 24 heavy (non-hydrogen) atoms. The van der Waals surface area contributed by atoms with Gasteiger partial charge in [-0.05, 0) is 36.9 Å². The molecular weight excluding hydrogens is 300 g/mol. The average Bonchev–Trinajstić information content (AvgIpc) is 3.04. The van der Waals surface area contributed by atoms with Crippen LogP contribution in [0.15, 0.2) is 60.7 Å². The molecule has 4 heteroatoms. The fourth-order valence-corrected chi connectivity index (χ4v) is 3.67. The van der Waals surface area contributed by atoms with E-state index in [0.29, 0.717) is 6.42 Å². The molecule has 1 fully saturated rings. The number of hydrogen-bond acceptors (Lipinski definition) is 3. The minimum atomic E-state index is -0.527. The first-order chi connectivity index (χ1) is 11.7. The molecule has 1 aliphatic heterocycles. The Kier molecular flexibility index (Phi) is 5.28. The second kappa shape index (κ2) is 7.60. The lowest BCUT2D eigenvalue weighted by atomic mass is 9.98. The van der Waals surface area contributed by atoms with Crippen LogP contribution in [0.4, 0.5) is 0 Å². The highest BCUT2D eigenvalue weighted by Crippen LogP contribution is 2.34. The van der Waals surface area contributed by atoms with Gasteiger partial charge in [-0.1, -0.05) is 60.7 Å². The molecule has 1 saturated heterocycles. The molecule has 0 aromatic heterocycles. The maximum atomic E-state index is 12.1. The highest BCUT2D eigenvalue weighted by Gasteiger charge is 2.35. The maximum Gasteiger partial charge on any atom is 0.239 e. The number of rotatable bonds is 6. The minimum Gasteiger partial charge on any atom is -0.388 e. The van der Waals surface area contributed by atoms with E-state index in [9.17, 15) is 9.90 Å². The Morgan fingerprint density at radius 2 is 1.67 bits per heavy atom. The Morgan fingerprint density at radius 1 is 1.08 bits per heavy atom. The number of benzene rings is 2. The van der Waals surface area contributed by atoms with E-state index in [1.165, 1.54) is 0 Å². The number of hydrogen-bond donors (Lipinski definition) is 2. The summed E-state index contributed by atoms with van der Waals surface area (Å²) in [4.78, 5) is 14.3. The number of aliphatic hydroxyl groups is 1. The van der Waals surface area contributed by atoms with Crippen LogP contribution in [0.2, 0.25) is 0 Å². The quantitative estimate of drug-likeness (QED) is 0.858. The third-order valence-corrected chi connectivity index (χ3v) is 4.82. The molecule has 3 rings (SSSR count). The predicted molar refractivity (Wildman–Crippen MR) is 94.1 cm³/mol. The van der Waals surface area contributed by atoms with Crippen molar-refractivity contribution in [2.75, 3.05) is 6.54 Å². The van der Waals surface area contributed by atoms with E-state index in [0.717, 1.165) is 30.5 Å². The smallest absolute Gasteiger partial charge is 0.239 e. The number of carbonyl (C=O) groups excluding carboxylic acids is 1. The summed E-state index contributed by atoms with van der Waals surface area (Å²) in [6.45, 7) is 0.828. The molecule has 0 saturated carbocycles. The summed E-state index contributed by atoms with van der Waals surface area (Å²) in [5.41, 5.74) is 7.55. The van der Waals surface area contributed by atoms with E-state index >= 15 is 0 Å². The third-order valence-electron chi connectivity index (χ3n) is 4.82. The second-order valence-electron chi connectivity index (χ2n) is 6.41. The van der Waals surface area contributed by atoms with Crippen molar-refractivity contribution < 1.29 is 9.90 Å². The molecule has 1 heterocycles. The highest BCUT2D eigenvalue weighted by atomic mass is 16.3. The number of amides is 1. The first-order valence-corrected chi connectivity index (χ1v) is 8.50. The summed E-state index contributed by atoms with van der Waals surface area (Å²) >= 11 is 0. The normalized spacial score (nSPS) is 20.6. The van der Waals surface area contributed by atoms with Crippen LogP contribution in [0.3, 0.4) is 0 Å². The number of likely N-dealkylation sites (tertiary alicyclic amines) is 1. The lowest BCUT2D eigenvalue weighted by Crippen LogP contribution is -2.41. The Balaban J connectivity index is 1.77. The van der Waals surface area contributed by atoms with E-state index in [4.69, 9.17) is 5.73 Å². The zero-order valence-corrected chi connectivity index (χ0v) is 13.7. The monoisotopic (exact) mass is 324 g/mol. The Hall–Kier alpha value is -2.17. The van der Waals surface area contributed by atoms with E-state index in [2.05, 4.69) is 4.90 Å². The van der Waals surface area contributed by atoms with Gasteiger partial charge in [-0.3, -0.25) is 9.69 Å². The zero-order valence-electron chi connectivity index (χ0n) is 13.7. The van der Waals surface area contributed by atoms with Gasteiger partial charge in [-0.25, -0.2) is 0 Å². The van der Waals surface area contributed by atoms with Gasteiger partial charge in [0, 0.05) is 6.04 Å². The van der Waals surface area contributed by atoms with Crippen molar-refractivity contribution in [1.29, 1.82) is 0 Å². The van der Waals surface area contributed by atoms with Crippen LogP contribution in [0.5, 0.6) is 0 Å². The Labute approximate surface area is 142 Å². The number of nitrogens with two attached hydrogens (primary N) is 1. The molecule has 0 radical (unpaired) electrons. The minimum absolute atomic E-state index is 0.151. The van der Waals surface area contributed by atoms with E-state index < -0.39 is 12.1 Å². The van der Waals surface area contributed by atoms with E-state index in [1.54, 1.807) is 0 Å². The van der Waals surface area contributed by atoms with E-state index in [-0.39, 0.29) is 11.9 Å². The fraction of sp³-hybridized carbons (Fsp3) is 0.350.